The number of aromatic amines is 1. The molecule has 1 amide bonds. The highest BCUT2D eigenvalue weighted by Gasteiger charge is 2.24. The minimum atomic E-state index is -3.47. The lowest BCUT2D eigenvalue weighted by molar-refractivity contribution is -0.110. The molecule has 2 heterocycles. The van der Waals surface area contributed by atoms with Crippen LogP contribution in [-0.4, -0.2) is 68.9 Å². The first-order chi connectivity index (χ1) is 21.8. The molecule has 2 aromatic carbocycles. The largest absolute Gasteiger partial charge is 0.372 e. The summed E-state index contributed by atoms with van der Waals surface area (Å²) in [5.74, 6) is -0.851. The molecule has 0 atom stereocenters. The summed E-state index contributed by atoms with van der Waals surface area (Å²) in [7, 11) is -6.45. The molecule has 46 heavy (non-hydrogen) atoms. The van der Waals surface area contributed by atoms with E-state index >= 15 is 0 Å². The summed E-state index contributed by atoms with van der Waals surface area (Å²) in [4.78, 5) is 42.2. The summed E-state index contributed by atoms with van der Waals surface area (Å²) >= 11 is 6.36. The molecule has 0 bridgehead atoms. The summed E-state index contributed by atoms with van der Waals surface area (Å²) in [5.41, 5.74) is 1.96. The van der Waals surface area contributed by atoms with Gasteiger partial charge in [0.1, 0.15) is 5.65 Å². The molecule has 14 nitrogen and oxygen atoms in total. The number of anilines is 3. The summed E-state index contributed by atoms with van der Waals surface area (Å²) in [5, 5.41) is 3.07. The molecule has 0 saturated heterocycles. The zero-order valence-corrected chi connectivity index (χ0v) is 28.1. The second kappa shape index (κ2) is 14.9. The van der Waals surface area contributed by atoms with Crippen LogP contribution in [0.2, 0.25) is 5.02 Å². The minimum absolute atomic E-state index is 0.00764. The van der Waals surface area contributed by atoms with Crippen molar-refractivity contribution in [3.63, 3.8) is 0 Å². The van der Waals surface area contributed by atoms with E-state index in [4.69, 9.17) is 16.6 Å². The quantitative estimate of drug-likeness (QED) is 0.0758. The molecular formula is C29H35ClN8O6S2. The second-order valence-corrected chi connectivity index (χ2v) is 13.3. The minimum Gasteiger partial charge on any atom is -0.372 e. The van der Waals surface area contributed by atoms with Crippen LogP contribution in [0, 0.1) is 6.92 Å². The van der Waals surface area contributed by atoms with Gasteiger partial charge in [-0.2, -0.15) is 0 Å². The fraction of sp³-hybridized carbons (Fsp3) is 0.310. The van der Waals surface area contributed by atoms with E-state index in [0.717, 1.165) is 30.6 Å². The number of nitrogens with zero attached hydrogens (tertiary/aromatic N) is 4. The Morgan fingerprint density at radius 1 is 1.13 bits per heavy atom. The van der Waals surface area contributed by atoms with Crippen molar-refractivity contribution in [3.8, 4) is 0 Å². The molecule has 0 aliphatic heterocycles. The molecule has 246 valence electrons. The van der Waals surface area contributed by atoms with Gasteiger partial charge in [-0.3, -0.25) is 18.9 Å². The van der Waals surface area contributed by atoms with E-state index in [-0.39, 0.29) is 58.5 Å². The normalized spacial score (nSPS) is 12.1. The van der Waals surface area contributed by atoms with Gasteiger partial charge in [0, 0.05) is 38.1 Å². The summed E-state index contributed by atoms with van der Waals surface area (Å²) < 4.78 is 51.6. The number of carbonyl (C=O) groups excluding carboxylic acids is 1. The van der Waals surface area contributed by atoms with Crippen molar-refractivity contribution in [1.29, 1.82) is 0 Å². The van der Waals surface area contributed by atoms with Crippen molar-refractivity contribution in [3.05, 3.63) is 75.4 Å². The van der Waals surface area contributed by atoms with Gasteiger partial charge in [0.15, 0.2) is 11.5 Å². The fourth-order valence-corrected chi connectivity index (χ4v) is 5.80. The number of hydrogen-bond acceptors (Lipinski definition) is 9. The van der Waals surface area contributed by atoms with Gasteiger partial charge in [0.2, 0.25) is 20.9 Å². The maximum absolute atomic E-state index is 14.1. The maximum atomic E-state index is 14.1. The third-order valence-electron chi connectivity index (χ3n) is 7.00. The van der Waals surface area contributed by atoms with E-state index in [9.17, 15) is 26.4 Å². The van der Waals surface area contributed by atoms with Gasteiger partial charge < -0.3 is 15.2 Å². The predicted molar refractivity (Wildman–Crippen MR) is 183 cm³/mol. The molecule has 17 heteroatoms. The van der Waals surface area contributed by atoms with Gasteiger partial charge >= 0.3 is 0 Å². The maximum Gasteiger partial charge on any atom is 0.278 e. The smallest absolute Gasteiger partial charge is 0.278 e. The third-order valence-corrected chi connectivity index (χ3v) is 8.50. The van der Waals surface area contributed by atoms with Crippen LogP contribution in [0.4, 0.5) is 22.7 Å². The Morgan fingerprint density at radius 3 is 2.52 bits per heavy atom. The van der Waals surface area contributed by atoms with E-state index < -0.39 is 32.4 Å². The lowest BCUT2D eigenvalue weighted by Crippen LogP contribution is -2.34. The highest BCUT2D eigenvalue weighted by molar-refractivity contribution is 7.88. The molecule has 0 radical (unpaired) electrons. The number of thiol groups is 1. The highest BCUT2D eigenvalue weighted by Crippen LogP contribution is 2.28. The van der Waals surface area contributed by atoms with Crippen LogP contribution in [0.5, 0.6) is 0 Å². The van der Waals surface area contributed by atoms with Crippen molar-refractivity contribution in [2.24, 2.45) is 4.99 Å². The van der Waals surface area contributed by atoms with Gasteiger partial charge in [0.05, 0.1) is 33.7 Å². The summed E-state index contributed by atoms with van der Waals surface area (Å²) in [6.07, 6.45) is 2.79. The first kappa shape index (κ1) is 34.6. The Morgan fingerprint density at radius 2 is 1.87 bits per heavy atom. The zero-order valence-electron chi connectivity index (χ0n) is 25.6. The molecule has 0 saturated carbocycles. The molecular weight excluding hydrogens is 656 g/mol. The van der Waals surface area contributed by atoms with E-state index in [1.165, 1.54) is 22.8 Å². The molecule has 0 aliphatic rings. The Labute approximate surface area is 273 Å². The van der Waals surface area contributed by atoms with Crippen molar-refractivity contribution in [2.75, 3.05) is 40.8 Å². The van der Waals surface area contributed by atoms with Gasteiger partial charge in [-0.05, 0) is 75.2 Å². The number of fused-ring (bicyclic) bond motifs is 1. The average Bonchev–Trinajstić information content (AvgIpc) is 3.46. The van der Waals surface area contributed by atoms with Crippen LogP contribution >= 0.6 is 11.6 Å². The number of aryl methyl sites for hydroxylation is 1. The number of aromatic nitrogens is 3. The number of carbonyl (C=O) groups is 1. The number of sulfonamides is 1. The first-order valence-electron chi connectivity index (χ1n) is 14.3. The molecule has 4 aromatic rings. The van der Waals surface area contributed by atoms with E-state index in [0.29, 0.717) is 5.69 Å². The third kappa shape index (κ3) is 8.51. The van der Waals surface area contributed by atoms with Crippen LogP contribution in [0.1, 0.15) is 31.7 Å². The summed E-state index contributed by atoms with van der Waals surface area (Å²) in [6.45, 7) is 7.58. The van der Waals surface area contributed by atoms with E-state index in [2.05, 4.69) is 29.6 Å². The Balaban J connectivity index is 1.88. The van der Waals surface area contributed by atoms with Crippen molar-refractivity contribution < 1.29 is 21.6 Å². The van der Waals surface area contributed by atoms with Crippen molar-refractivity contribution >= 4 is 77.9 Å². The fourth-order valence-electron chi connectivity index (χ4n) is 4.77. The van der Waals surface area contributed by atoms with Gasteiger partial charge in [-0.1, -0.05) is 11.6 Å². The van der Waals surface area contributed by atoms with Crippen molar-refractivity contribution in [2.45, 2.75) is 33.7 Å². The van der Waals surface area contributed by atoms with E-state index in [1.807, 2.05) is 32.9 Å². The number of nitrogens with one attached hydrogen (secondary N) is 4. The zero-order chi connectivity index (χ0) is 33.6. The van der Waals surface area contributed by atoms with Gasteiger partial charge in [0.25, 0.3) is 11.5 Å². The number of H-pyrrole nitrogens is 1. The lowest BCUT2D eigenvalue weighted by Gasteiger charge is -2.22. The second-order valence-electron chi connectivity index (χ2n) is 10.3. The SMILES string of the molecule is CCN(CC)c1ccc(/N=C(\C(=O)Nc2cc(N[SH](=O)=O)ccc2Cl)c2nc3[nH]ccc3c(=O)n2CCCNS(C)(=O)=O)c(C)c1. The number of benzene rings is 2. The van der Waals surface area contributed by atoms with Crippen LogP contribution in [-0.2, 0) is 32.3 Å². The van der Waals surface area contributed by atoms with Gasteiger partial charge in [-0.25, -0.2) is 31.5 Å². The van der Waals surface area contributed by atoms with Crippen LogP contribution < -0.4 is 25.2 Å². The highest BCUT2D eigenvalue weighted by atomic mass is 35.5. The number of aliphatic imine (C=N–C) groups is 1. The first-order valence-corrected chi connectivity index (χ1v) is 17.7. The Kier molecular flexibility index (Phi) is 11.2. The molecule has 0 fully saturated rings. The molecule has 0 unspecified atom stereocenters. The summed E-state index contributed by atoms with van der Waals surface area (Å²) in [6, 6.07) is 11.4. The molecule has 0 spiro atoms. The van der Waals surface area contributed by atoms with Crippen LogP contribution in [0.15, 0.2) is 58.4 Å². The average molecular weight is 691 g/mol. The topological polar surface area (TPSA) is 188 Å². The molecule has 4 rings (SSSR count). The Bertz CT molecular complexity index is 2030. The number of amides is 1. The molecule has 2 aromatic heterocycles. The number of halogens is 1. The lowest BCUT2D eigenvalue weighted by atomic mass is 10.1. The van der Waals surface area contributed by atoms with Gasteiger partial charge in [-0.15, -0.1) is 0 Å². The van der Waals surface area contributed by atoms with Crippen molar-refractivity contribution in [1.82, 2.24) is 19.3 Å². The standard InChI is InChI=1S/C29H35ClN8O6S2/c1-5-37(6-2)20-9-11-23(18(3)16-20)33-25(28(39)34-24-17-19(36-45(41)42)8-10-22(24)30)27-35-26-21(12-14-31-26)29(40)38(27)15-7-13-32-46(4,43)44/h8-12,14,16-17,31-32,45H,5-7,13,15H2,1-4H3,(H,34,39)(H,36,41,42)/b33-25-. The van der Waals surface area contributed by atoms with E-state index in [1.54, 1.807) is 18.3 Å². The molecule has 4 N–H and O–H groups in total. The van der Waals surface area contributed by atoms with Crippen LogP contribution in [0.3, 0.4) is 0 Å². The number of rotatable bonds is 14. The monoisotopic (exact) mass is 690 g/mol. The Hall–Kier alpha value is -4.25. The van der Waals surface area contributed by atoms with Crippen LogP contribution in [0.25, 0.3) is 11.0 Å². The molecule has 0 aliphatic carbocycles. The predicted octanol–water partition coefficient (Wildman–Crippen LogP) is 3.17. The number of hydrogen-bond donors (Lipinski definition) is 5.